The molecule has 0 fully saturated rings. The number of hydrogen-bond acceptors (Lipinski definition) is 3. The van der Waals surface area contributed by atoms with Crippen LogP contribution in [0.5, 0.6) is 5.75 Å². The van der Waals surface area contributed by atoms with Crippen LogP contribution < -0.4 is 4.74 Å². The topological polar surface area (TPSA) is 70.3 Å². The van der Waals surface area contributed by atoms with E-state index in [-0.39, 0.29) is 6.42 Å². The van der Waals surface area contributed by atoms with E-state index in [4.69, 9.17) is 10.00 Å². The number of nitriles is 1. The van der Waals surface area contributed by atoms with Crippen LogP contribution in [-0.2, 0) is 17.6 Å². The highest BCUT2D eigenvalue weighted by Crippen LogP contribution is 2.27. The quantitative estimate of drug-likeness (QED) is 0.888. The van der Waals surface area contributed by atoms with E-state index in [1.54, 1.807) is 18.2 Å². The molecule has 1 atom stereocenters. The van der Waals surface area contributed by atoms with Gasteiger partial charge in [0.1, 0.15) is 5.75 Å². The van der Waals surface area contributed by atoms with E-state index >= 15 is 0 Å². The summed E-state index contributed by atoms with van der Waals surface area (Å²) in [4.78, 5) is 11.6. The van der Waals surface area contributed by atoms with Gasteiger partial charge in [0.05, 0.1) is 25.5 Å². The lowest BCUT2D eigenvalue weighted by Crippen LogP contribution is -2.15. The summed E-state index contributed by atoms with van der Waals surface area (Å²) in [7, 11) is 1.54. The van der Waals surface area contributed by atoms with Gasteiger partial charge in [-0.15, -0.1) is 0 Å². The molecule has 4 heteroatoms. The fourth-order valence-corrected chi connectivity index (χ4v) is 2.44. The van der Waals surface area contributed by atoms with Gasteiger partial charge in [-0.05, 0) is 23.6 Å². The van der Waals surface area contributed by atoms with E-state index in [1.807, 2.05) is 30.3 Å². The average molecular weight is 295 g/mol. The minimum absolute atomic E-state index is 0.189. The minimum Gasteiger partial charge on any atom is -0.496 e. The lowest BCUT2D eigenvalue weighted by molar-refractivity contribution is -0.138. The molecule has 0 heterocycles. The maximum Gasteiger partial charge on any atom is 0.311 e. The molecule has 22 heavy (non-hydrogen) atoms. The summed E-state index contributed by atoms with van der Waals surface area (Å²) in [5.74, 6) is -0.920. The van der Waals surface area contributed by atoms with Crippen molar-refractivity contribution in [3.05, 3.63) is 65.2 Å². The summed E-state index contributed by atoms with van der Waals surface area (Å²) in [5, 5.41) is 18.4. The van der Waals surface area contributed by atoms with Crippen molar-refractivity contribution in [2.45, 2.75) is 18.8 Å². The summed E-state index contributed by atoms with van der Waals surface area (Å²) in [6.45, 7) is 0. The molecule has 0 aliphatic rings. The molecule has 0 aromatic heterocycles. The van der Waals surface area contributed by atoms with Crippen LogP contribution >= 0.6 is 0 Å². The Kier molecular flexibility index (Phi) is 5.16. The number of carboxylic acid groups (broad SMARTS) is 1. The molecule has 0 saturated carbocycles. The number of benzene rings is 2. The van der Waals surface area contributed by atoms with Gasteiger partial charge in [-0.2, -0.15) is 5.26 Å². The van der Waals surface area contributed by atoms with E-state index < -0.39 is 11.9 Å². The fourth-order valence-electron chi connectivity index (χ4n) is 2.44. The third-order valence-corrected chi connectivity index (χ3v) is 3.56. The summed E-state index contributed by atoms with van der Waals surface area (Å²) < 4.78 is 5.21. The number of hydrogen-bond donors (Lipinski definition) is 1. The van der Waals surface area contributed by atoms with Gasteiger partial charge < -0.3 is 9.84 Å². The van der Waals surface area contributed by atoms with Crippen LogP contribution in [0.15, 0.2) is 48.5 Å². The number of carbonyl (C=O) groups is 1. The SMILES string of the molecule is COc1ccc(C(Cc2ccccc2)C(=O)O)cc1CC#N. The van der Waals surface area contributed by atoms with Crippen LogP contribution in [0, 0.1) is 11.3 Å². The van der Waals surface area contributed by atoms with Crippen LogP contribution in [0.25, 0.3) is 0 Å². The number of ether oxygens (including phenoxy) is 1. The highest BCUT2D eigenvalue weighted by atomic mass is 16.5. The smallest absolute Gasteiger partial charge is 0.311 e. The molecule has 1 unspecified atom stereocenters. The van der Waals surface area contributed by atoms with Crippen molar-refractivity contribution in [3.8, 4) is 11.8 Å². The fraction of sp³-hybridized carbons (Fsp3) is 0.222. The zero-order valence-corrected chi connectivity index (χ0v) is 12.3. The van der Waals surface area contributed by atoms with Gasteiger partial charge >= 0.3 is 5.97 Å². The molecule has 0 aliphatic heterocycles. The number of nitrogens with zero attached hydrogens (tertiary/aromatic N) is 1. The van der Waals surface area contributed by atoms with Gasteiger partial charge in [0, 0.05) is 5.56 Å². The molecule has 112 valence electrons. The van der Waals surface area contributed by atoms with Gasteiger partial charge in [-0.3, -0.25) is 4.79 Å². The third kappa shape index (κ3) is 3.64. The second-order valence-electron chi connectivity index (χ2n) is 4.99. The molecule has 0 saturated heterocycles. The Hall–Kier alpha value is -2.80. The maximum absolute atomic E-state index is 11.6. The molecule has 2 aromatic rings. The van der Waals surface area contributed by atoms with Crippen LogP contribution in [0.3, 0.4) is 0 Å². The van der Waals surface area contributed by atoms with Crippen molar-refractivity contribution >= 4 is 5.97 Å². The lowest BCUT2D eigenvalue weighted by Gasteiger charge is -2.15. The van der Waals surface area contributed by atoms with Gasteiger partial charge in [0.2, 0.25) is 0 Å². The van der Waals surface area contributed by atoms with E-state index in [1.165, 1.54) is 7.11 Å². The Morgan fingerprint density at radius 3 is 2.59 bits per heavy atom. The molecule has 2 aromatic carbocycles. The second-order valence-corrected chi connectivity index (χ2v) is 4.99. The molecule has 0 amide bonds. The lowest BCUT2D eigenvalue weighted by atomic mass is 9.90. The molecule has 0 radical (unpaired) electrons. The largest absolute Gasteiger partial charge is 0.496 e. The number of methoxy groups -OCH3 is 1. The van der Waals surface area contributed by atoms with E-state index in [2.05, 4.69) is 6.07 Å². The van der Waals surface area contributed by atoms with Gasteiger partial charge in [-0.25, -0.2) is 0 Å². The van der Waals surface area contributed by atoms with E-state index in [0.29, 0.717) is 23.3 Å². The Labute approximate surface area is 129 Å². The first-order chi connectivity index (χ1) is 10.7. The van der Waals surface area contributed by atoms with Crippen LogP contribution in [0.4, 0.5) is 0 Å². The van der Waals surface area contributed by atoms with Crippen LogP contribution in [-0.4, -0.2) is 18.2 Å². The highest BCUT2D eigenvalue weighted by Gasteiger charge is 2.21. The number of aliphatic carboxylic acids is 1. The normalized spacial score (nSPS) is 11.5. The molecule has 0 aliphatic carbocycles. The van der Waals surface area contributed by atoms with Crippen molar-refractivity contribution in [1.82, 2.24) is 0 Å². The number of rotatable bonds is 6. The summed E-state index contributed by atoms with van der Waals surface area (Å²) in [5.41, 5.74) is 2.36. The van der Waals surface area contributed by atoms with Crippen LogP contribution in [0.2, 0.25) is 0 Å². The van der Waals surface area contributed by atoms with Crippen molar-refractivity contribution < 1.29 is 14.6 Å². The maximum atomic E-state index is 11.6. The third-order valence-electron chi connectivity index (χ3n) is 3.56. The Morgan fingerprint density at radius 1 is 1.27 bits per heavy atom. The molecular formula is C18H17NO3. The minimum atomic E-state index is -0.878. The van der Waals surface area contributed by atoms with Crippen molar-refractivity contribution in [2.24, 2.45) is 0 Å². The second kappa shape index (κ2) is 7.28. The first-order valence-electron chi connectivity index (χ1n) is 6.96. The van der Waals surface area contributed by atoms with Gasteiger partial charge in [-0.1, -0.05) is 42.5 Å². The predicted molar refractivity (Wildman–Crippen MR) is 82.8 cm³/mol. The Morgan fingerprint density at radius 2 is 2.00 bits per heavy atom. The van der Waals surface area contributed by atoms with Crippen molar-refractivity contribution in [1.29, 1.82) is 5.26 Å². The van der Waals surface area contributed by atoms with Gasteiger partial charge in [0.25, 0.3) is 0 Å². The molecule has 0 spiro atoms. The highest BCUT2D eigenvalue weighted by molar-refractivity contribution is 5.76. The first kappa shape index (κ1) is 15.6. The van der Waals surface area contributed by atoms with Crippen molar-refractivity contribution in [3.63, 3.8) is 0 Å². The molecule has 2 rings (SSSR count). The summed E-state index contributed by atoms with van der Waals surface area (Å²) in [6, 6.07) is 16.8. The zero-order valence-electron chi connectivity index (χ0n) is 12.3. The molecular weight excluding hydrogens is 278 g/mol. The predicted octanol–water partition coefficient (Wildman–Crippen LogP) is 3.17. The Bertz CT molecular complexity index is 689. The zero-order chi connectivity index (χ0) is 15.9. The van der Waals surface area contributed by atoms with E-state index in [9.17, 15) is 9.90 Å². The first-order valence-corrected chi connectivity index (χ1v) is 6.96. The van der Waals surface area contributed by atoms with Crippen LogP contribution in [0.1, 0.15) is 22.6 Å². The number of carboxylic acids is 1. The molecule has 1 N–H and O–H groups in total. The van der Waals surface area contributed by atoms with Crippen molar-refractivity contribution in [2.75, 3.05) is 7.11 Å². The van der Waals surface area contributed by atoms with Gasteiger partial charge in [0.15, 0.2) is 0 Å². The molecule has 0 bridgehead atoms. The Balaban J connectivity index is 2.35. The summed E-state index contributed by atoms with van der Waals surface area (Å²) in [6.07, 6.45) is 0.600. The summed E-state index contributed by atoms with van der Waals surface area (Å²) >= 11 is 0. The average Bonchev–Trinajstić information content (AvgIpc) is 2.53. The molecule has 4 nitrogen and oxygen atoms in total. The standard InChI is InChI=1S/C18H17NO3/c1-22-17-8-7-14(12-15(17)9-10-19)16(18(20)21)11-13-5-3-2-4-6-13/h2-8,12,16H,9,11H2,1H3,(H,20,21). The van der Waals surface area contributed by atoms with E-state index in [0.717, 1.165) is 5.56 Å². The monoisotopic (exact) mass is 295 g/mol.